The van der Waals surface area contributed by atoms with E-state index < -0.39 is 0 Å². The lowest BCUT2D eigenvalue weighted by molar-refractivity contribution is -0.130. The van der Waals surface area contributed by atoms with Gasteiger partial charge in [0.25, 0.3) is 0 Å². The van der Waals surface area contributed by atoms with Crippen molar-refractivity contribution in [3.8, 4) is 0 Å². The zero-order valence-electron chi connectivity index (χ0n) is 10.5. The predicted octanol–water partition coefficient (Wildman–Crippen LogP) is 1.08. The van der Waals surface area contributed by atoms with Gasteiger partial charge in [-0.1, -0.05) is 5.57 Å². The zero-order valence-corrected chi connectivity index (χ0v) is 10.5. The summed E-state index contributed by atoms with van der Waals surface area (Å²) in [6.07, 6.45) is 4.10. The molecule has 2 aliphatic rings. The van der Waals surface area contributed by atoms with Crippen LogP contribution in [0.3, 0.4) is 0 Å². The van der Waals surface area contributed by atoms with Crippen LogP contribution in [0.2, 0.25) is 0 Å². The second-order valence-electron chi connectivity index (χ2n) is 5.27. The first kappa shape index (κ1) is 12.1. The molecule has 0 spiro atoms. The Hall–Kier alpha value is -1.32. The van der Waals surface area contributed by atoms with Gasteiger partial charge >= 0.3 is 0 Å². The van der Waals surface area contributed by atoms with Crippen LogP contribution in [0.15, 0.2) is 11.6 Å². The van der Waals surface area contributed by atoms with Crippen LogP contribution >= 0.6 is 0 Å². The van der Waals surface area contributed by atoms with Gasteiger partial charge in [0.15, 0.2) is 0 Å². The monoisotopic (exact) mass is 236 g/mol. The number of fused-ring (bicyclic) bond motifs is 1. The molecule has 0 aromatic rings. The van der Waals surface area contributed by atoms with Crippen LogP contribution in [-0.4, -0.2) is 35.8 Å². The van der Waals surface area contributed by atoms with Gasteiger partial charge in [-0.15, -0.1) is 0 Å². The molecule has 0 radical (unpaired) electrons. The Morgan fingerprint density at radius 2 is 2.18 bits per heavy atom. The van der Waals surface area contributed by atoms with Gasteiger partial charge < -0.3 is 10.2 Å². The van der Waals surface area contributed by atoms with E-state index in [1.54, 1.807) is 6.08 Å². The summed E-state index contributed by atoms with van der Waals surface area (Å²) in [6, 6.07) is 0.284. The van der Waals surface area contributed by atoms with Crippen LogP contribution in [-0.2, 0) is 9.59 Å². The summed E-state index contributed by atoms with van der Waals surface area (Å²) >= 11 is 0. The maximum atomic E-state index is 11.9. The van der Waals surface area contributed by atoms with Gasteiger partial charge in [-0.3, -0.25) is 9.59 Å². The maximum Gasteiger partial charge on any atom is 0.246 e. The number of nitrogens with zero attached hydrogens (tertiary/aromatic N) is 1. The summed E-state index contributed by atoms with van der Waals surface area (Å²) in [4.78, 5) is 25.1. The number of carbonyl (C=O) groups is 2. The van der Waals surface area contributed by atoms with E-state index in [1.165, 1.54) is 0 Å². The highest BCUT2D eigenvalue weighted by Crippen LogP contribution is 2.25. The highest BCUT2D eigenvalue weighted by atomic mass is 16.2. The topological polar surface area (TPSA) is 49.4 Å². The summed E-state index contributed by atoms with van der Waals surface area (Å²) in [5.74, 6) is 0.714. The number of nitrogens with one attached hydrogen (secondary N) is 1. The Morgan fingerprint density at radius 1 is 1.41 bits per heavy atom. The largest absolute Gasteiger partial charge is 0.353 e. The van der Waals surface area contributed by atoms with E-state index in [0.29, 0.717) is 12.3 Å². The second-order valence-corrected chi connectivity index (χ2v) is 5.27. The van der Waals surface area contributed by atoms with Crippen molar-refractivity contribution in [3.05, 3.63) is 11.6 Å². The molecule has 0 aromatic carbocycles. The summed E-state index contributed by atoms with van der Waals surface area (Å²) in [5, 5.41) is 3.03. The van der Waals surface area contributed by atoms with Crippen LogP contribution in [0, 0.1) is 5.92 Å². The number of likely N-dealkylation sites (tertiary alicyclic amines) is 1. The van der Waals surface area contributed by atoms with Crippen molar-refractivity contribution in [3.63, 3.8) is 0 Å². The molecule has 2 fully saturated rings. The second kappa shape index (κ2) is 4.90. The fraction of sp³-hybridized carbons (Fsp3) is 0.692. The van der Waals surface area contributed by atoms with Crippen molar-refractivity contribution in [2.75, 3.05) is 13.1 Å². The van der Waals surface area contributed by atoms with Gasteiger partial charge in [-0.2, -0.15) is 0 Å². The van der Waals surface area contributed by atoms with E-state index in [-0.39, 0.29) is 17.9 Å². The highest BCUT2D eigenvalue weighted by molar-refractivity contribution is 5.88. The number of carbonyl (C=O) groups excluding carboxylic acids is 2. The van der Waals surface area contributed by atoms with Crippen molar-refractivity contribution in [1.29, 1.82) is 0 Å². The van der Waals surface area contributed by atoms with E-state index in [2.05, 4.69) is 5.32 Å². The number of rotatable bonds is 1. The zero-order chi connectivity index (χ0) is 12.4. The molecule has 0 bridgehead atoms. The first-order chi connectivity index (χ1) is 8.06. The third-order valence-corrected chi connectivity index (χ3v) is 3.55. The minimum Gasteiger partial charge on any atom is -0.353 e. The number of allylic oxidation sites excluding steroid dienone is 1. The number of hydrogen-bond donors (Lipinski definition) is 1. The molecule has 0 aliphatic carbocycles. The molecule has 2 rings (SSSR count). The van der Waals surface area contributed by atoms with E-state index >= 15 is 0 Å². The molecule has 4 heteroatoms. The third kappa shape index (κ3) is 2.87. The fourth-order valence-corrected chi connectivity index (χ4v) is 2.65. The number of amides is 2. The molecule has 2 aliphatic heterocycles. The van der Waals surface area contributed by atoms with Crippen molar-refractivity contribution >= 4 is 11.8 Å². The SMILES string of the molecule is CC(C)=CC(=O)N1CCC2NC(=O)CCC2C1. The maximum absolute atomic E-state index is 11.9. The van der Waals surface area contributed by atoms with E-state index in [9.17, 15) is 9.59 Å². The average molecular weight is 236 g/mol. The molecule has 94 valence electrons. The molecule has 2 saturated heterocycles. The summed E-state index contributed by atoms with van der Waals surface area (Å²) in [5.41, 5.74) is 1.04. The fourth-order valence-electron chi connectivity index (χ4n) is 2.65. The van der Waals surface area contributed by atoms with Crippen molar-refractivity contribution in [2.45, 2.75) is 39.2 Å². The molecule has 0 aromatic heterocycles. The molecule has 0 saturated carbocycles. The minimum atomic E-state index is 0.111. The predicted molar refractivity (Wildman–Crippen MR) is 65.3 cm³/mol. The summed E-state index contributed by atoms with van der Waals surface area (Å²) in [6.45, 7) is 5.41. The summed E-state index contributed by atoms with van der Waals surface area (Å²) in [7, 11) is 0. The Morgan fingerprint density at radius 3 is 2.88 bits per heavy atom. The first-order valence-corrected chi connectivity index (χ1v) is 6.29. The molecule has 4 nitrogen and oxygen atoms in total. The van der Waals surface area contributed by atoms with Crippen LogP contribution in [0.1, 0.15) is 33.1 Å². The van der Waals surface area contributed by atoms with Crippen molar-refractivity contribution in [2.24, 2.45) is 5.92 Å². The van der Waals surface area contributed by atoms with Crippen LogP contribution in [0.5, 0.6) is 0 Å². The minimum absolute atomic E-state index is 0.111. The first-order valence-electron chi connectivity index (χ1n) is 6.29. The normalized spacial score (nSPS) is 28.1. The van der Waals surface area contributed by atoms with Gasteiger partial charge in [0.2, 0.25) is 11.8 Å². The molecular weight excluding hydrogens is 216 g/mol. The standard InChI is InChI=1S/C13H20N2O2/c1-9(2)7-13(17)15-6-5-11-10(8-15)3-4-12(16)14-11/h7,10-11H,3-6,8H2,1-2H3,(H,14,16). The molecular formula is C13H20N2O2. The summed E-state index contributed by atoms with van der Waals surface area (Å²) < 4.78 is 0. The van der Waals surface area contributed by atoms with Crippen LogP contribution < -0.4 is 5.32 Å². The quantitative estimate of drug-likeness (QED) is 0.693. The Balaban J connectivity index is 1.96. The number of piperidine rings is 2. The van der Waals surface area contributed by atoms with Gasteiger partial charge in [0.05, 0.1) is 0 Å². The van der Waals surface area contributed by atoms with Crippen molar-refractivity contribution < 1.29 is 9.59 Å². The number of hydrogen-bond acceptors (Lipinski definition) is 2. The van der Waals surface area contributed by atoms with E-state index in [4.69, 9.17) is 0 Å². The van der Waals surface area contributed by atoms with Gasteiger partial charge in [0, 0.05) is 31.6 Å². The van der Waals surface area contributed by atoms with Crippen molar-refractivity contribution in [1.82, 2.24) is 10.2 Å². The highest BCUT2D eigenvalue weighted by Gasteiger charge is 2.34. The molecule has 1 N–H and O–H groups in total. The van der Waals surface area contributed by atoms with E-state index in [1.807, 2.05) is 18.7 Å². The van der Waals surface area contributed by atoms with Crippen LogP contribution in [0.4, 0.5) is 0 Å². The Bertz CT molecular complexity index is 358. The van der Waals surface area contributed by atoms with Gasteiger partial charge in [-0.25, -0.2) is 0 Å². The lowest BCUT2D eigenvalue weighted by Gasteiger charge is -2.41. The molecule has 2 heterocycles. The van der Waals surface area contributed by atoms with E-state index in [0.717, 1.165) is 31.5 Å². The molecule has 2 atom stereocenters. The lowest BCUT2D eigenvalue weighted by Crippen LogP contribution is -2.54. The smallest absolute Gasteiger partial charge is 0.246 e. The van der Waals surface area contributed by atoms with Gasteiger partial charge in [0.1, 0.15) is 0 Å². The van der Waals surface area contributed by atoms with Gasteiger partial charge in [-0.05, 0) is 32.6 Å². The molecule has 2 unspecified atom stereocenters. The molecule has 2 amide bonds. The molecule has 17 heavy (non-hydrogen) atoms. The Kier molecular flexibility index (Phi) is 3.50. The Labute approximate surface area is 102 Å². The lowest BCUT2D eigenvalue weighted by atomic mass is 9.85. The van der Waals surface area contributed by atoms with Crippen LogP contribution in [0.25, 0.3) is 0 Å². The third-order valence-electron chi connectivity index (χ3n) is 3.55. The average Bonchev–Trinajstić information content (AvgIpc) is 2.27.